The van der Waals surface area contributed by atoms with E-state index >= 15 is 0 Å². The number of pyridine rings is 1. The molecule has 1 aliphatic rings. The maximum Gasteiger partial charge on any atom is 0.231 e. The van der Waals surface area contributed by atoms with Gasteiger partial charge in [0, 0.05) is 18.2 Å². The van der Waals surface area contributed by atoms with Gasteiger partial charge in [0.1, 0.15) is 11.6 Å². The molecule has 3 rings (SSSR count). The topological polar surface area (TPSA) is 42.4 Å². The maximum absolute atomic E-state index is 13.2. The van der Waals surface area contributed by atoms with Crippen molar-refractivity contribution in [3.05, 3.63) is 42.1 Å². The van der Waals surface area contributed by atoms with Crippen molar-refractivity contribution in [2.24, 2.45) is 5.92 Å². The van der Waals surface area contributed by atoms with Crippen molar-refractivity contribution >= 4 is 11.7 Å². The summed E-state index contributed by atoms with van der Waals surface area (Å²) in [5.41, 5.74) is 3.06. The fourth-order valence-corrected chi connectivity index (χ4v) is 3.89. The number of hydrogen-bond donors (Lipinski definition) is 0. The molecule has 0 saturated heterocycles. The van der Waals surface area contributed by atoms with Gasteiger partial charge in [0.25, 0.3) is 0 Å². The quantitative estimate of drug-likeness (QED) is 0.688. The Hall–Kier alpha value is -2.36. The largest absolute Gasteiger partial charge is 0.497 e. The van der Waals surface area contributed by atoms with Gasteiger partial charge in [0.05, 0.1) is 7.11 Å². The molecule has 0 spiro atoms. The van der Waals surface area contributed by atoms with Gasteiger partial charge in [-0.2, -0.15) is 0 Å². The molecule has 0 unspecified atom stereocenters. The van der Waals surface area contributed by atoms with Crippen molar-refractivity contribution in [2.75, 3.05) is 18.6 Å². The van der Waals surface area contributed by atoms with Gasteiger partial charge in [0.15, 0.2) is 0 Å². The molecule has 144 valence electrons. The number of carbonyl (C=O) groups is 1. The van der Waals surface area contributed by atoms with E-state index in [1.165, 1.54) is 6.42 Å². The lowest BCUT2D eigenvalue weighted by atomic mass is 9.88. The first kappa shape index (κ1) is 19.4. The van der Waals surface area contributed by atoms with E-state index < -0.39 is 0 Å². The molecule has 2 aromatic rings. The summed E-state index contributed by atoms with van der Waals surface area (Å²) in [5, 5.41) is 0. The molecule has 1 aromatic heterocycles. The number of hydrogen-bond acceptors (Lipinski definition) is 3. The van der Waals surface area contributed by atoms with E-state index in [9.17, 15) is 4.79 Å². The minimum absolute atomic E-state index is 0.146. The van der Waals surface area contributed by atoms with Crippen LogP contribution in [0.4, 0.5) is 5.82 Å². The van der Waals surface area contributed by atoms with E-state index in [1.54, 1.807) is 7.11 Å². The van der Waals surface area contributed by atoms with Crippen molar-refractivity contribution in [1.82, 2.24) is 4.98 Å². The van der Waals surface area contributed by atoms with Gasteiger partial charge in [-0.1, -0.05) is 38.3 Å². The standard InChI is InChI=1S/C23H30N2O2/c1-4-13-25(23(26)18-9-6-5-7-10-18)22-16-20(14-17(2)24-22)19-11-8-12-21(15-19)27-3/h8,11-12,14-16,18H,4-7,9-10,13H2,1-3H3. The Bertz CT molecular complexity index is 782. The first-order valence-electron chi connectivity index (χ1n) is 10.1. The number of aryl methyl sites for hydroxylation is 1. The molecule has 1 aliphatic carbocycles. The van der Waals surface area contributed by atoms with Gasteiger partial charge < -0.3 is 4.74 Å². The molecule has 0 aliphatic heterocycles. The fraction of sp³-hybridized carbons (Fsp3) is 0.478. The Morgan fingerprint density at radius 3 is 2.63 bits per heavy atom. The van der Waals surface area contributed by atoms with E-state index in [2.05, 4.69) is 19.1 Å². The molecule has 4 heteroatoms. The van der Waals surface area contributed by atoms with Crippen LogP contribution < -0.4 is 9.64 Å². The molecule has 0 bridgehead atoms. The first-order chi connectivity index (χ1) is 13.1. The summed E-state index contributed by atoms with van der Waals surface area (Å²) in [6.07, 6.45) is 6.50. The minimum Gasteiger partial charge on any atom is -0.497 e. The van der Waals surface area contributed by atoms with Crippen molar-refractivity contribution in [1.29, 1.82) is 0 Å². The fourth-order valence-electron chi connectivity index (χ4n) is 3.89. The zero-order chi connectivity index (χ0) is 19.2. The van der Waals surface area contributed by atoms with E-state index in [0.29, 0.717) is 6.54 Å². The lowest BCUT2D eigenvalue weighted by molar-refractivity contribution is -0.123. The predicted molar refractivity (Wildman–Crippen MR) is 110 cm³/mol. The highest BCUT2D eigenvalue weighted by atomic mass is 16.5. The van der Waals surface area contributed by atoms with Crippen molar-refractivity contribution < 1.29 is 9.53 Å². The van der Waals surface area contributed by atoms with Crippen LogP contribution in [0.15, 0.2) is 36.4 Å². The lowest BCUT2D eigenvalue weighted by Crippen LogP contribution is -2.38. The zero-order valence-electron chi connectivity index (χ0n) is 16.7. The van der Waals surface area contributed by atoms with E-state index in [-0.39, 0.29) is 11.8 Å². The van der Waals surface area contributed by atoms with Crippen molar-refractivity contribution in [3.63, 3.8) is 0 Å². The number of aromatic nitrogens is 1. The Morgan fingerprint density at radius 1 is 1.15 bits per heavy atom. The van der Waals surface area contributed by atoms with Gasteiger partial charge in [-0.15, -0.1) is 0 Å². The summed E-state index contributed by atoms with van der Waals surface area (Å²) in [6.45, 7) is 4.81. The summed E-state index contributed by atoms with van der Waals surface area (Å²) < 4.78 is 5.36. The number of methoxy groups -OCH3 is 1. The molecular formula is C23H30N2O2. The molecule has 4 nitrogen and oxygen atoms in total. The minimum atomic E-state index is 0.146. The molecule has 1 saturated carbocycles. The van der Waals surface area contributed by atoms with E-state index in [4.69, 9.17) is 9.72 Å². The van der Waals surface area contributed by atoms with Crippen LogP contribution >= 0.6 is 0 Å². The van der Waals surface area contributed by atoms with Crippen LogP contribution in [-0.2, 0) is 4.79 Å². The SMILES string of the molecule is CCCN(C(=O)C1CCCCC1)c1cc(-c2cccc(OC)c2)cc(C)n1. The summed E-state index contributed by atoms with van der Waals surface area (Å²) in [4.78, 5) is 19.8. The third-order valence-electron chi connectivity index (χ3n) is 5.29. The molecule has 0 N–H and O–H groups in total. The van der Waals surface area contributed by atoms with E-state index in [1.807, 2.05) is 36.1 Å². The van der Waals surface area contributed by atoms with Gasteiger partial charge >= 0.3 is 0 Å². The van der Waals surface area contributed by atoms with Crippen LogP contribution in [-0.4, -0.2) is 24.5 Å². The first-order valence-corrected chi connectivity index (χ1v) is 10.1. The van der Waals surface area contributed by atoms with Gasteiger partial charge in [0.2, 0.25) is 5.91 Å². The number of ether oxygens (including phenoxy) is 1. The third-order valence-corrected chi connectivity index (χ3v) is 5.29. The summed E-state index contributed by atoms with van der Waals surface area (Å²) in [7, 11) is 1.67. The third kappa shape index (κ3) is 4.68. The molecule has 1 heterocycles. The second-order valence-corrected chi connectivity index (χ2v) is 7.41. The van der Waals surface area contributed by atoms with Gasteiger partial charge in [-0.25, -0.2) is 4.98 Å². The molecule has 27 heavy (non-hydrogen) atoms. The summed E-state index contributed by atoms with van der Waals surface area (Å²) >= 11 is 0. The molecular weight excluding hydrogens is 336 g/mol. The second kappa shape index (κ2) is 9.03. The van der Waals surface area contributed by atoms with E-state index in [0.717, 1.165) is 60.5 Å². The smallest absolute Gasteiger partial charge is 0.231 e. The van der Waals surface area contributed by atoms with Crippen molar-refractivity contribution in [3.8, 4) is 16.9 Å². The number of anilines is 1. The second-order valence-electron chi connectivity index (χ2n) is 7.41. The average Bonchev–Trinajstić information content (AvgIpc) is 2.71. The Morgan fingerprint density at radius 2 is 1.93 bits per heavy atom. The Kier molecular flexibility index (Phi) is 6.49. The Balaban J connectivity index is 1.95. The molecule has 1 amide bonds. The molecule has 1 aromatic carbocycles. The molecule has 1 fully saturated rings. The van der Waals surface area contributed by atoms with Crippen LogP contribution in [0.5, 0.6) is 5.75 Å². The van der Waals surface area contributed by atoms with Crippen LogP contribution in [0.25, 0.3) is 11.1 Å². The number of carbonyl (C=O) groups excluding carboxylic acids is 1. The molecule has 0 radical (unpaired) electrons. The number of rotatable bonds is 6. The number of amides is 1. The van der Waals surface area contributed by atoms with Crippen LogP contribution in [0, 0.1) is 12.8 Å². The normalized spacial score (nSPS) is 14.8. The number of benzene rings is 1. The lowest BCUT2D eigenvalue weighted by Gasteiger charge is -2.29. The zero-order valence-corrected chi connectivity index (χ0v) is 16.7. The molecule has 0 atom stereocenters. The highest BCUT2D eigenvalue weighted by Gasteiger charge is 2.27. The number of nitrogens with zero attached hydrogens (tertiary/aromatic N) is 2. The van der Waals surface area contributed by atoms with Crippen LogP contribution in [0.1, 0.15) is 51.1 Å². The maximum atomic E-state index is 13.2. The highest BCUT2D eigenvalue weighted by Crippen LogP contribution is 2.30. The Labute approximate surface area is 162 Å². The highest BCUT2D eigenvalue weighted by molar-refractivity contribution is 5.94. The van der Waals surface area contributed by atoms with Gasteiger partial charge in [-0.05, 0) is 61.6 Å². The van der Waals surface area contributed by atoms with Gasteiger partial charge in [-0.3, -0.25) is 9.69 Å². The van der Waals surface area contributed by atoms with Crippen LogP contribution in [0.2, 0.25) is 0 Å². The monoisotopic (exact) mass is 366 g/mol. The predicted octanol–water partition coefficient (Wildman–Crippen LogP) is 5.39. The van der Waals surface area contributed by atoms with Crippen LogP contribution in [0.3, 0.4) is 0 Å². The van der Waals surface area contributed by atoms with Crippen molar-refractivity contribution in [2.45, 2.75) is 52.4 Å². The summed E-state index contributed by atoms with van der Waals surface area (Å²) in [5.74, 6) is 1.98. The summed E-state index contributed by atoms with van der Waals surface area (Å²) in [6, 6.07) is 12.1. The average molecular weight is 367 g/mol.